The molecule has 0 aromatic heterocycles. The maximum Gasteiger partial charge on any atom is 0.330 e. The van der Waals surface area contributed by atoms with Gasteiger partial charge in [-0.1, -0.05) is 31.1 Å². The number of methoxy groups -OCH3 is 1. The first-order chi connectivity index (χ1) is 9.95. The van der Waals surface area contributed by atoms with E-state index in [0.29, 0.717) is 6.10 Å². The number of rotatable bonds is 9. The van der Waals surface area contributed by atoms with Crippen LogP contribution in [-0.2, 0) is 14.3 Å². The highest BCUT2D eigenvalue weighted by molar-refractivity contribution is 5.82. The van der Waals surface area contributed by atoms with Crippen molar-refractivity contribution in [2.24, 2.45) is 0 Å². The number of hydrogen-bond donors (Lipinski definition) is 0. The molecule has 1 aliphatic heterocycles. The molecule has 0 saturated carbocycles. The molecule has 0 N–H and O–H groups in total. The molecule has 1 rings (SSSR count). The smallest absolute Gasteiger partial charge is 0.330 e. The Kier molecular flexibility index (Phi) is 7.16. The van der Waals surface area contributed by atoms with Gasteiger partial charge in [-0.15, -0.1) is 0 Å². The molecule has 0 aromatic rings. The molecule has 3 nitrogen and oxygen atoms in total. The van der Waals surface area contributed by atoms with Crippen LogP contribution in [0.1, 0.15) is 66.2 Å². The van der Waals surface area contributed by atoms with Crippen LogP contribution in [0.2, 0.25) is 0 Å². The van der Waals surface area contributed by atoms with Gasteiger partial charge >= 0.3 is 5.97 Å². The minimum Gasteiger partial charge on any atom is -0.466 e. The fourth-order valence-corrected chi connectivity index (χ4v) is 2.54. The molecule has 120 valence electrons. The first kappa shape index (κ1) is 18.0. The topological polar surface area (TPSA) is 38.8 Å². The van der Waals surface area contributed by atoms with Gasteiger partial charge in [0.15, 0.2) is 0 Å². The van der Waals surface area contributed by atoms with Gasteiger partial charge in [-0.3, -0.25) is 0 Å². The van der Waals surface area contributed by atoms with E-state index < -0.39 is 0 Å². The number of esters is 1. The number of epoxide rings is 1. The summed E-state index contributed by atoms with van der Waals surface area (Å²) < 4.78 is 10.4. The number of carbonyl (C=O) groups excluding carboxylic acids is 1. The molecule has 2 atom stereocenters. The minimum atomic E-state index is -0.267. The third-order valence-corrected chi connectivity index (χ3v) is 4.46. The lowest BCUT2D eigenvalue weighted by Crippen LogP contribution is -2.07. The number of ether oxygens (including phenoxy) is 2. The Bertz CT molecular complexity index is 409. The summed E-state index contributed by atoms with van der Waals surface area (Å²) in [4.78, 5) is 11.1. The van der Waals surface area contributed by atoms with Crippen LogP contribution < -0.4 is 0 Å². The molecule has 0 bridgehead atoms. The molecule has 1 heterocycles. The van der Waals surface area contributed by atoms with Gasteiger partial charge in [-0.25, -0.2) is 4.79 Å². The second kappa shape index (κ2) is 8.38. The van der Waals surface area contributed by atoms with E-state index >= 15 is 0 Å². The van der Waals surface area contributed by atoms with E-state index in [4.69, 9.17) is 4.74 Å². The predicted octanol–water partition coefficient (Wildman–Crippen LogP) is 4.57. The van der Waals surface area contributed by atoms with E-state index in [1.54, 1.807) is 6.08 Å². The van der Waals surface area contributed by atoms with Gasteiger partial charge in [-0.2, -0.15) is 0 Å². The standard InChI is InChI=1S/C18H30O3/c1-6-15(11-12-16-18(4,7-2)21-16)10-8-9-14(3)13-17(19)20-5/h10,13,16H,6-9,11-12H2,1-5H3/t16?,18-/m1/s1. The Labute approximate surface area is 129 Å². The Morgan fingerprint density at radius 2 is 2.05 bits per heavy atom. The van der Waals surface area contributed by atoms with Crippen LogP contribution in [-0.4, -0.2) is 24.8 Å². The monoisotopic (exact) mass is 294 g/mol. The highest BCUT2D eigenvalue weighted by Gasteiger charge is 2.49. The van der Waals surface area contributed by atoms with Gasteiger partial charge in [0.25, 0.3) is 0 Å². The third kappa shape index (κ3) is 6.04. The summed E-state index contributed by atoms with van der Waals surface area (Å²) in [6.45, 7) is 8.57. The SMILES string of the molecule is CCC(=CCCC(C)=CC(=O)OC)CCC1O[C@]1(C)CC. The van der Waals surface area contributed by atoms with Crippen LogP contribution in [0.5, 0.6) is 0 Å². The predicted molar refractivity (Wildman–Crippen MR) is 86.2 cm³/mol. The first-order valence-corrected chi connectivity index (χ1v) is 8.06. The van der Waals surface area contributed by atoms with E-state index in [-0.39, 0.29) is 11.6 Å². The van der Waals surface area contributed by atoms with Crippen molar-refractivity contribution < 1.29 is 14.3 Å². The number of hydrogen-bond acceptors (Lipinski definition) is 3. The summed E-state index contributed by atoms with van der Waals surface area (Å²) in [5, 5.41) is 0. The molecule has 0 aromatic carbocycles. The summed E-state index contributed by atoms with van der Waals surface area (Å²) in [6.07, 6.45) is 10.7. The van der Waals surface area contributed by atoms with Crippen LogP contribution in [0.15, 0.2) is 23.3 Å². The van der Waals surface area contributed by atoms with Crippen LogP contribution in [0.3, 0.4) is 0 Å². The van der Waals surface area contributed by atoms with Crippen molar-refractivity contribution in [3.8, 4) is 0 Å². The van der Waals surface area contributed by atoms with E-state index in [9.17, 15) is 4.79 Å². The van der Waals surface area contributed by atoms with Gasteiger partial charge < -0.3 is 9.47 Å². The van der Waals surface area contributed by atoms with Crippen molar-refractivity contribution in [1.29, 1.82) is 0 Å². The lowest BCUT2D eigenvalue weighted by Gasteiger charge is -2.05. The third-order valence-electron chi connectivity index (χ3n) is 4.46. The van der Waals surface area contributed by atoms with Crippen molar-refractivity contribution in [3.63, 3.8) is 0 Å². The lowest BCUT2D eigenvalue weighted by molar-refractivity contribution is -0.134. The van der Waals surface area contributed by atoms with Crippen molar-refractivity contribution in [3.05, 3.63) is 23.3 Å². The molecule has 3 heteroatoms. The molecule has 1 unspecified atom stereocenters. The summed E-state index contributed by atoms with van der Waals surface area (Å²) in [5.74, 6) is -0.267. The van der Waals surface area contributed by atoms with Crippen LogP contribution in [0, 0.1) is 0 Å². The molecule has 1 saturated heterocycles. The fourth-order valence-electron chi connectivity index (χ4n) is 2.54. The van der Waals surface area contributed by atoms with Crippen molar-refractivity contribution in [2.45, 2.75) is 77.9 Å². The molecule has 0 spiro atoms. The summed E-state index contributed by atoms with van der Waals surface area (Å²) in [7, 11) is 1.41. The Hall–Kier alpha value is -1.09. The zero-order valence-corrected chi connectivity index (χ0v) is 14.2. The average molecular weight is 294 g/mol. The Morgan fingerprint density at radius 1 is 1.33 bits per heavy atom. The fraction of sp³-hybridized carbons (Fsp3) is 0.722. The number of allylic oxidation sites excluding steroid dienone is 3. The quantitative estimate of drug-likeness (QED) is 0.270. The van der Waals surface area contributed by atoms with Crippen molar-refractivity contribution in [1.82, 2.24) is 0 Å². The van der Waals surface area contributed by atoms with Crippen molar-refractivity contribution >= 4 is 5.97 Å². The largest absolute Gasteiger partial charge is 0.466 e. The van der Waals surface area contributed by atoms with Gasteiger partial charge in [0.05, 0.1) is 18.8 Å². The second-order valence-corrected chi connectivity index (χ2v) is 6.08. The van der Waals surface area contributed by atoms with Gasteiger partial charge in [-0.05, 0) is 52.4 Å². The minimum absolute atomic E-state index is 0.138. The summed E-state index contributed by atoms with van der Waals surface area (Å²) in [6, 6.07) is 0. The van der Waals surface area contributed by atoms with Gasteiger partial charge in [0.1, 0.15) is 0 Å². The van der Waals surface area contributed by atoms with Crippen LogP contribution in [0.25, 0.3) is 0 Å². The zero-order chi connectivity index (χ0) is 15.9. The molecular formula is C18H30O3. The summed E-state index contributed by atoms with van der Waals surface area (Å²) in [5.41, 5.74) is 2.70. The highest BCUT2D eigenvalue weighted by atomic mass is 16.6. The van der Waals surface area contributed by atoms with Crippen LogP contribution in [0.4, 0.5) is 0 Å². The zero-order valence-electron chi connectivity index (χ0n) is 14.2. The van der Waals surface area contributed by atoms with Crippen molar-refractivity contribution in [2.75, 3.05) is 7.11 Å². The molecule has 1 aliphatic rings. The Morgan fingerprint density at radius 3 is 2.57 bits per heavy atom. The summed E-state index contributed by atoms with van der Waals surface area (Å²) >= 11 is 0. The van der Waals surface area contributed by atoms with E-state index in [1.807, 2.05) is 6.92 Å². The number of carbonyl (C=O) groups is 1. The molecular weight excluding hydrogens is 264 g/mol. The van der Waals surface area contributed by atoms with E-state index in [0.717, 1.165) is 44.1 Å². The second-order valence-electron chi connectivity index (χ2n) is 6.08. The first-order valence-electron chi connectivity index (χ1n) is 8.06. The molecule has 0 radical (unpaired) electrons. The van der Waals surface area contributed by atoms with Gasteiger partial charge in [0.2, 0.25) is 0 Å². The highest BCUT2D eigenvalue weighted by Crippen LogP contribution is 2.42. The molecule has 0 aliphatic carbocycles. The molecule has 21 heavy (non-hydrogen) atoms. The van der Waals surface area contributed by atoms with E-state index in [1.165, 1.54) is 12.7 Å². The maximum atomic E-state index is 11.1. The normalized spacial score (nSPS) is 25.9. The van der Waals surface area contributed by atoms with E-state index in [2.05, 4.69) is 31.6 Å². The van der Waals surface area contributed by atoms with Gasteiger partial charge in [0, 0.05) is 6.08 Å². The average Bonchev–Trinajstić information content (AvgIpc) is 3.13. The van der Waals surface area contributed by atoms with Crippen LogP contribution >= 0.6 is 0 Å². The lowest BCUT2D eigenvalue weighted by atomic mass is 9.97. The molecule has 1 fully saturated rings. The molecule has 0 amide bonds. The Balaban J connectivity index is 2.32. The maximum absolute atomic E-state index is 11.1.